The molecule has 0 spiro atoms. The van der Waals surface area contributed by atoms with Crippen LogP contribution in [0.15, 0.2) is 34.9 Å². The van der Waals surface area contributed by atoms with Gasteiger partial charge in [0.1, 0.15) is 5.82 Å². The van der Waals surface area contributed by atoms with Crippen LogP contribution < -0.4 is 5.32 Å². The monoisotopic (exact) mass is 360 g/mol. The summed E-state index contributed by atoms with van der Waals surface area (Å²) in [7, 11) is 0. The Hall–Kier alpha value is -0.510. The molecular formula is C14H15BrCl2N2. The zero-order valence-electron chi connectivity index (χ0n) is 10.6. The molecule has 0 unspecified atom stereocenters. The predicted octanol–water partition coefficient (Wildman–Crippen LogP) is 5.04. The standard InChI is InChI=1S/C14H15BrCl2N2/c1-2-14(8-16,9-17)19-13-11-4-3-5-12(15)10(11)6-7-18-13/h3-7H,2,8-9H2,1H3,(H,18,19). The highest BCUT2D eigenvalue weighted by Crippen LogP contribution is 2.30. The molecule has 0 atom stereocenters. The lowest BCUT2D eigenvalue weighted by Crippen LogP contribution is -2.42. The molecule has 0 amide bonds. The largest absolute Gasteiger partial charge is 0.362 e. The summed E-state index contributed by atoms with van der Waals surface area (Å²) in [4.78, 5) is 4.43. The van der Waals surface area contributed by atoms with E-state index in [0.717, 1.165) is 27.5 Å². The Morgan fingerprint density at radius 2 is 1.95 bits per heavy atom. The van der Waals surface area contributed by atoms with E-state index >= 15 is 0 Å². The molecule has 0 saturated heterocycles. The number of pyridine rings is 1. The third-order valence-corrected chi connectivity index (χ3v) is 5.04. The van der Waals surface area contributed by atoms with E-state index in [1.165, 1.54) is 0 Å². The molecule has 2 nitrogen and oxygen atoms in total. The molecule has 2 aromatic rings. The van der Waals surface area contributed by atoms with E-state index < -0.39 is 0 Å². The van der Waals surface area contributed by atoms with E-state index in [2.05, 4.69) is 33.2 Å². The van der Waals surface area contributed by atoms with Crippen molar-refractivity contribution in [2.45, 2.75) is 18.9 Å². The van der Waals surface area contributed by atoms with Gasteiger partial charge in [0.15, 0.2) is 0 Å². The van der Waals surface area contributed by atoms with Crippen LogP contribution in [0.25, 0.3) is 10.8 Å². The summed E-state index contributed by atoms with van der Waals surface area (Å²) >= 11 is 15.7. The Bertz CT molecular complexity index is 562. The maximum absolute atomic E-state index is 6.07. The van der Waals surface area contributed by atoms with Gasteiger partial charge in [-0.25, -0.2) is 4.98 Å². The Balaban J connectivity index is 2.49. The molecule has 0 bridgehead atoms. The number of alkyl halides is 2. The van der Waals surface area contributed by atoms with Crippen LogP contribution in [-0.4, -0.2) is 22.3 Å². The zero-order valence-corrected chi connectivity index (χ0v) is 13.7. The SMILES string of the molecule is CCC(CCl)(CCl)Nc1nccc2c(Br)cccc12. The first-order valence-electron chi connectivity index (χ1n) is 6.09. The fraction of sp³-hybridized carbons (Fsp3) is 0.357. The number of nitrogens with zero attached hydrogens (tertiary/aromatic N) is 1. The van der Waals surface area contributed by atoms with Gasteiger partial charge in [0.2, 0.25) is 0 Å². The number of halogens is 3. The predicted molar refractivity (Wildman–Crippen MR) is 87.5 cm³/mol. The van der Waals surface area contributed by atoms with Gasteiger partial charge >= 0.3 is 0 Å². The molecule has 1 heterocycles. The lowest BCUT2D eigenvalue weighted by Gasteiger charge is -2.30. The van der Waals surface area contributed by atoms with Gasteiger partial charge in [0.05, 0.1) is 5.54 Å². The molecule has 0 saturated carbocycles. The van der Waals surface area contributed by atoms with Crippen LogP contribution in [0.4, 0.5) is 5.82 Å². The second-order valence-corrected chi connectivity index (χ2v) is 5.91. The van der Waals surface area contributed by atoms with Crippen LogP contribution in [0, 0.1) is 0 Å². The van der Waals surface area contributed by atoms with E-state index in [9.17, 15) is 0 Å². The number of fused-ring (bicyclic) bond motifs is 1. The fourth-order valence-corrected chi connectivity index (χ4v) is 3.20. The van der Waals surface area contributed by atoms with Crippen LogP contribution in [-0.2, 0) is 0 Å². The molecular weight excluding hydrogens is 347 g/mol. The van der Waals surface area contributed by atoms with Crippen molar-refractivity contribution in [3.05, 3.63) is 34.9 Å². The Morgan fingerprint density at radius 1 is 1.21 bits per heavy atom. The van der Waals surface area contributed by atoms with Crippen LogP contribution in [0.3, 0.4) is 0 Å². The van der Waals surface area contributed by atoms with Crippen molar-refractivity contribution in [1.82, 2.24) is 4.98 Å². The van der Waals surface area contributed by atoms with Gasteiger partial charge < -0.3 is 5.32 Å². The fourth-order valence-electron chi connectivity index (χ4n) is 1.90. The molecule has 102 valence electrons. The van der Waals surface area contributed by atoms with Gasteiger partial charge in [-0.05, 0) is 18.6 Å². The van der Waals surface area contributed by atoms with Crippen molar-refractivity contribution < 1.29 is 0 Å². The van der Waals surface area contributed by atoms with Crippen LogP contribution in [0.5, 0.6) is 0 Å². The van der Waals surface area contributed by atoms with E-state index in [-0.39, 0.29) is 5.54 Å². The summed E-state index contributed by atoms with van der Waals surface area (Å²) in [6.07, 6.45) is 2.63. The van der Waals surface area contributed by atoms with Crippen molar-refractivity contribution >= 4 is 55.7 Å². The van der Waals surface area contributed by atoms with Crippen molar-refractivity contribution in [2.75, 3.05) is 17.1 Å². The Kier molecular flexibility index (Phi) is 4.93. The summed E-state index contributed by atoms with van der Waals surface area (Å²) in [5.41, 5.74) is -0.327. The number of hydrogen-bond acceptors (Lipinski definition) is 2. The molecule has 1 aromatic carbocycles. The second-order valence-electron chi connectivity index (χ2n) is 4.52. The third-order valence-electron chi connectivity index (χ3n) is 3.32. The Morgan fingerprint density at radius 3 is 2.58 bits per heavy atom. The average Bonchev–Trinajstić information content (AvgIpc) is 2.46. The minimum absolute atomic E-state index is 0.327. The molecule has 0 aliphatic carbocycles. The van der Waals surface area contributed by atoms with Gasteiger partial charge in [-0.2, -0.15) is 0 Å². The normalized spacial score (nSPS) is 11.8. The lowest BCUT2D eigenvalue weighted by atomic mass is 10.0. The highest BCUT2D eigenvalue weighted by molar-refractivity contribution is 9.10. The highest BCUT2D eigenvalue weighted by atomic mass is 79.9. The quantitative estimate of drug-likeness (QED) is 0.755. The Labute approximate surface area is 131 Å². The summed E-state index contributed by atoms with van der Waals surface area (Å²) < 4.78 is 1.05. The molecule has 5 heteroatoms. The maximum atomic E-state index is 6.07. The first kappa shape index (κ1) is 14.9. The lowest BCUT2D eigenvalue weighted by molar-refractivity contribution is 0.559. The number of benzene rings is 1. The third kappa shape index (κ3) is 2.99. The van der Waals surface area contributed by atoms with Crippen molar-refractivity contribution in [3.63, 3.8) is 0 Å². The van der Waals surface area contributed by atoms with Gasteiger partial charge in [0.25, 0.3) is 0 Å². The molecule has 0 radical (unpaired) electrons. The molecule has 19 heavy (non-hydrogen) atoms. The van der Waals surface area contributed by atoms with Crippen molar-refractivity contribution in [2.24, 2.45) is 0 Å². The molecule has 0 fully saturated rings. The number of hydrogen-bond donors (Lipinski definition) is 1. The smallest absolute Gasteiger partial charge is 0.134 e. The van der Waals surface area contributed by atoms with Gasteiger partial charge in [-0.1, -0.05) is 35.0 Å². The van der Waals surface area contributed by atoms with E-state index in [1.807, 2.05) is 24.3 Å². The molecule has 0 aliphatic heterocycles. The summed E-state index contributed by atoms with van der Waals surface area (Å²) in [6, 6.07) is 8.04. The van der Waals surface area contributed by atoms with Crippen LogP contribution in [0.1, 0.15) is 13.3 Å². The molecule has 2 rings (SSSR count). The number of rotatable bonds is 5. The molecule has 1 aromatic heterocycles. The van der Waals surface area contributed by atoms with Gasteiger partial charge in [-0.3, -0.25) is 0 Å². The molecule has 1 N–H and O–H groups in total. The first-order valence-corrected chi connectivity index (χ1v) is 7.95. The topological polar surface area (TPSA) is 24.9 Å². The summed E-state index contributed by atoms with van der Waals surface area (Å²) in [5.74, 6) is 1.71. The van der Waals surface area contributed by atoms with E-state index in [4.69, 9.17) is 23.2 Å². The van der Waals surface area contributed by atoms with E-state index in [1.54, 1.807) is 6.20 Å². The minimum Gasteiger partial charge on any atom is -0.362 e. The summed E-state index contributed by atoms with van der Waals surface area (Å²) in [5, 5.41) is 5.60. The zero-order chi connectivity index (χ0) is 13.9. The molecule has 0 aliphatic rings. The minimum atomic E-state index is -0.327. The maximum Gasteiger partial charge on any atom is 0.134 e. The average molecular weight is 362 g/mol. The van der Waals surface area contributed by atoms with Gasteiger partial charge in [0, 0.05) is 33.2 Å². The highest BCUT2D eigenvalue weighted by Gasteiger charge is 2.27. The summed E-state index contributed by atoms with van der Waals surface area (Å²) in [6.45, 7) is 2.07. The van der Waals surface area contributed by atoms with Crippen LogP contribution in [0.2, 0.25) is 0 Å². The first-order chi connectivity index (χ1) is 9.15. The van der Waals surface area contributed by atoms with Gasteiger partial charge in [-0.15, -0.1) is 23.2 Å². The number of anilines is 1. The number of aromatic nitrogens is 1. The second kappa shape index (κ2) is 6.29. The van der Waals surface area contributed by atoms with Crippen molar-refractivity contribution in [1.29, 1.82) is 0 Å². The van der Waals surface area contributed by atoms with Crippen molar-refractivity contribution in [3.8, 4) is 0 Å². The van der Waals surface area contributed by atoms with E-state index in [0.29, 0.717) is 11.8 Å². The number of nitrogens with one attached hydrogen (secondary N) is 1. The van der Waals surface area contributed by atoms with Crippen LogP contribution >= 0.6 is 39.1 Å².